The van der Waals surface area contributed by atoms with Gasteiger partial charge in [0.1, 0.15) is 6.33 Å². The number of imidazole rings is 1. The molecule has 2 aromatic rings. The van der Waals surface area contributed by atoms with Crippen LogP contribution in [0.25, 0.3) is 5.95 Å². The van der Waals surface area contributed by atoms with Crippen LogP contribution in [0.2, 0.25) is 0 Å². The Bertz CT molecular complexity index is 543. The van der Waals surface area contributed by atoms with Gasteiger partial charge in [0.25, 0.3) is 0 Å². The molecule has 0 bridgehead atoms. The summed E-state index contributed by atoms with van der Waals surface area (Å²) in [5.41, 5.74) is 0. The van der Waals surface area contributed by atoms with Gasteiger partial charge in [-0.25, -0.2) is 4.98 Å². The van der Waals surface area contributed by atoms with E-state index >= 15 is 0 Å². The molecular formula is C13H21N7O. The van der Waals surface area contributed by atoms with Crippen molar-refractivity contribution in [1.29, 1.82) is 0 Å². The normalized spacial score (nSPS) is 12.1. The first kappa shape index (κ1) is 15.2. The SMILES string of the molecule is CCNc1nc(NC(CC)CCO)nc(-n2ccnc2)n1. The number of anilines is 2. The molecule has 0 aliphatic rings. The van der Waals surface area contributed by atoms with Gasteiger partial charge >= 0.3 is 0 Å². The summed E-state index contributed by atoms with van der Waals surface area (Å²) in [6.45, 7) is 4.89. The van der Waals surface area contributed by atoms with Crippen molar-refractivity contribution < 1.29 is 5.11 Å². The van der Waals surface area contributed by atoms with Crippen molar-refractivity contribution in [1.82, 2.24) is 24.5 Å². The monoisotopic (exact) mass is 291 g/mol. The molecule has 0 saturated heterocycles. The smallest absolute Gasteiger partial charge is 0.241 e. The zero-order valence-corrected chi connectivity index (χ0v) is 12.3. The first-order valence-electron chi connectivity index (χ1n) is 7.12. The molecule has 0 aliphatic heterocycles. The predicted octanol–water partition coefficient (Wildman–Crippen LogP) is 1.06. The van der Waals surface area contributed by atoms with Gasteiger partial charge in [-0.2, -0.15) is 15.0 Å². The number of hydrogen-bond donors (Lipinski definition) is 3. The molecule has 8 nitrogen and oxygen atoms in total. The van der Waals surface area contributed by atoms with Crippen molar-refractivity contribution in [2.45, 2.75) is 32.7 Å². The molecule has 0 aliphatic carbocycles. The summed E-state index contributed by atoms with van der Waals surface area (Å²) in [5.74, 6) is 1.50. The highest BCUT2D eigenvalue weighted by Crippen LogP contribution is 2.12. The third kappa shape index (κ3) is 4.12. The summed E-state index contributed by atoms with van der Waals surface area (Å²) >= 11 is 0. The zero-order chi connectivity index (χ0) is 15.1. The molecule has 0 spiro atoms. The van der Waals surface area contributed by atoms with Gasteiger partial charge in [0.2, 0.25) is 17.8 Å². The van der Waals surface area contributed by atoms with E-state index in [-0.39, 0.29) is 12.6 Å². The number of aromatic nitrogens is 5. The number of hydrogen-bond acceptors (Lipinski definition) is 7. The Balaban J connectivity index is 2.27. The molecule has 2 rings (SSSR count). The third-order valence-corrected chi connectivity index (χ3v) is 3.00. The fourth-order valence-corrected chi connectivity index (χ4v) is 1.88. The van der Waals surface area contributed by atoms with Crippen LogP contribution in [-0.4, -0.2) is 48.8 Å². The van der Waals surface area contributed by atoms with E-state index in [1.807, 2.05) is 6.92 Å². The van der Waals surface area contributed by atoms with Crippen molar-refractivity contribution in [2.24, 2.45) is 0 Å². The standard InChI is InChI=1S/C13H21N7O/c1-3-10(5-8-21)16-12-17-11(15-4-2)18-13(19-12)20-7-6-14-9-20/h6-7,9-10,21H,3-5,8H2,1-2H3,(H2,15,16,17,18,19). The average Bonchev–Trinajstić information content (AvgIpc) is 3.01. The molecule has 1 unspecified atom stereocenters. The second-order valence-electron chi connectivity index (χ2n) is 4.54. The zero-order valence-electron chi connectivity index (χ0n) is 12.3. The van der Waals surface area contributed by atoms with Gasteiger partial charge < -0.3 is 15.7 Å². The minimum absolute atomic E-state index is 0.127. The third-order valence-electron chi connectivity index (χ3n) is 3.00. The molecule has 0 saturated carbocycles. The van der Waals surface area contributed by atoms with Crippen LogP contribution in [0.4, 0.5) is 11.9 Å². The van der Waals surface area contributed by atoms with E-state index in [1.54, 1.807) is 23.3 Å². The maximum Gasteiger partial charge on any atom is 0.241 e. The molecule has 3 N–H and O–H groups in total. The fraction of sp³-hybridized carbons (Fsp3) is 0.538. The topological polar surface area (TPSA) is 101 Å². The van der Waals surface area contributed by atoms with Crippen LogP contribution in [0.3, 0.4) is 0 Å². The largest absolute Gasteiger partial charge is 0.396 e. The van der Waals surface area contributed by atoms with Crippen LogP contribution in [0.1, 0.15) is 26.7 Å². The predicted molar refractivity (Wildman–Crippen MR) is 80.5 cm³/mol. The average molecular weight is 291 g/mol. The van der Waals surface area contributed by atoms with Crippen molar-refractivity contribution >= 4 is 11.9 Å². The van der Waals surface area contributed by atoms with Crippen molar-refractivity contribution in [2.75, 3.05) is 23.8 Å². The van der Waals surface area contributed by atoms with Crippen LogP contribution >= 0.6 is 0 Å². The minimum Gasteiger partial charge on any atom is -0.396 e. The number of nitrogens with zero attached hydrogens (tertiary/aromatic N) is 5. The highest BCUT2D eigenvalue weighted by molar-refractivity contribution is 5.38. The molecule has 2 aromatic heterocycles. The van der Waals surface area contributed by atoms with Crippen molar-refractivity contribution in [3.05, 3.63) is 18.7 Å². The fourth-order valence-electron chi connectivity index (χ4n) is 1.88. The summed E-state index contributed by atoms with van der Waals surface area (Å²) in [6, 6.07) is 0.127. The molecule has 21 heavy (non-hydrogen) atoms. The summed E-state index contributed by atoms with van der Waals surface area (Å²) in [6.07, 6.45) is 6.62. The summed E-state index contributed by atoms with van der Waals surface area (Å²) < 4.78 is 1.72. The number of aliphatic hydroxyl groups excluding tert-OH is 1. The molecule has 0 amide bonds. The van der Waals surface area contributed by atoms with E-state index in [2.05, 4.69) is 37.5 Å². The molecule has 0 fully saturated rings. The van der Waals surface area contributed by atoms with Gasteiger partial charge in [-0.15, -0.1) is 0 Å². The molecular weight excluding hydrogens is 270 g/mol. The number of nitrogens with one attached hydrogen (secondary N) is 2. The van der Waals surface area contributed by atoms with Crippen LogP contribution < -0.4 is 10.6 Å². The first-order chi connectivity index (χ1) is 10.3. The van der Waals surface area contributed by atoms with Crippen LogP contribution in [-0.2, 0) is 0 Å². The summed E-state index contributed by atoms with van der Waals surface area (Å²) in [4.78, 5) is 17.1. The van der Waals surface area contributed by atoms with E-state index < -0.39 is 0 Å². The van der Waals surface area contributed by atoms with E-state index in [0.717, 1.165) is 13.0 Å². The van der Waals surface area contributed by atoms with Crippen molar-refractivity contribution in [3.63, 3.8) is 0 Å². The summed E-state index contributed by atoms with van der Waals surface area (Å²) in [7, 11) is 0. The maximum atomic E-state index is 9.07. The Kier molecular flexibility index (Phi) is 5.44. The van der Waals surface area contributed by atoms with Gasteiger partial charge in [-0.3, -0.25) is 4.57 Å². The molecule has 1 atom stereocenters. The number of aliphatic hydroxyl groups is 1. The quantitative estimate of drug-likeness (QED) is 0.668. The molecule has 8 heteroatoms. The van der Waals surface area contributed by atoms with Gasteiger partial charge in [0, 0.05) is 31.6 Å². The first-order valence-corrected chi connectivity index (χ1v) is 7.12. The lowest BCUT2D eigenvalue weighted by Crippen LogP contribution is -2.22. The maximum absolute atomic E-state index is 9.07. The second-order valence-corrected chi connectivity index (χ2v) is 4.54. The van der Waals surface area contributed by atoms with Crippen LogP contribution in [0, 0.1) is 0 Å². The Morgan fingerprint density at radius 2 is 2.05 bits per heavy atom. The van der Waals surface area contributed by atoms with E-state index in [4.69, 9.17) is 5.11 Å². The van der Waals surface area contributed by atoms with E-state index in [1.165, 1.54) is 0 Å². The molecule has 0 aromatic carbocycles. The number of rotatable bonds is 8. The highest BCUT2D eigenvalue weighted by Gasteiger charge is 2.11. The van der Waals surface area contributed by atoms with Crippen LogP contribution in [0.15, 0.2) is 18.7 Å². The summed E-state index contributed by atoms with van der Waals surface area (Å²) in [5, 5.41) is 15.4. The van der Waals surface area contributed by atoms with Gasteiger partial charge in [0.15, 0.2) is 0 Å². The molecule has 2 heterocycles. The van der Waals surface area contributed by atoms with Crippen LogP contribution in [0.5, 0.6) is 0 Å². The highest BCUT2D eigenvalue weighted by atomic mass is 16.3. The molecule has 0 radical (unpaired) electrons. The Hall–Kier alpha value is -2.22. The lowest BCUT2D eigenvalue weighted by atomic mass is 10.2. The lowest BCUT2D eigenvalue weighted by molar-refractivity contribution is 0.278. The lowest BCUT2D eigenvalue weighted by Gasteiger charge is -2.16. The minimum atomic E-state index is 0.127. The van der Waals surface area contributed by atoms with E-state index in [9.17, 15) is 0 Å². The Morgan fingerprint density at radius 3 is 2.67 bits per heavy atom. The van der Waals surface area contributed by atoms with Gasteiger partial charge in [0.05, 0.1) is 0 Å². The van der Waals surface area contributed by atoms with Crippen molar-refractivity contribution in [3.8, 4) is 5.95 Å². The molecule has 114 valence electrons. The van der Waals surface area contributed by atoms with Gasteiger partial charge in [-0.1, -0.05) is 6.92 Å². The Morgan fingerprint density at radius 1 is 1.24 bits per heavy atom. The Labute approximate surface area is 123 Å². The second kappa shape index (κ2) is 7.53. The van der Waals surface area contributed by atoms with Gasteiger partial charge in [-0.05, 0) is 19.8 Å². The van der Waals surface area contributed by atoms with E-state index in [0.29, 0.717) is 24.3 Å².